The lowest BCUT2D eigenvalue weighted by atomic mass is 10.4. The third-order valence-corrected chi connectivity index (χ3v) is 2.26. The molecule has 76 valence electrons. The largest absolute Gasteiger partial charge is 0.354 e. The predicted molar refractivity (Wildman–Crippen MR) is 48.3 cm³/mol. The maximum Gasteiger partial charge on any atom is 0.253 e. The van der Waals surface area contributed by atoms with E-state index >= 15 is 0 Å². The Bertz CT molecular complexity index is 341. The van der Waals surface area contributed by atoms with E-state index < -0.39 is 11.8 Å². The lowest BCUT2D eigenvalue weighted by Gasteiger charge is -2.03. The van der Waals surface area contributed by atoms with Crippen LogP contribution in [0.4, 0.5) is 14.7 Å². The fourth-order valence-corrected chi connectivity index (χ4v) is 1.24. The van der Waals surface area contributed by atoms with Crippen LogP contribution in [0, 0.1) is 12.8 Å². The number of hydrogen-bond acceptors (Lipinski definition) is 3. The van der Waals surface area contributed by atoms with Gasteiger partial charge in [-0.2, -0.15) is 0 Å². The molecule has 0 radical (unpaired) electrons. The third kappa shape index (κ3) is 1.97. The topological polar surface area (TPSA) is 37.8 Å². The van der Waals surface area contributed by atoms with E-state index in [-0.39, 0.29) is 13.0 Å². The van der Waals surface area contributed by atoms with Crippen molar-refractivity contribution >= 4 is 5.95 Å². The van der Waals surface area contributed by atoms with Crippen molar-refractivity contribution in [1.82, 2.24) is 9.97 Å². The summed E-state index contributed by atoms with van der Waals surface area (Å²) in [5.74, 6) is -2.60. The molecule has 1 saturated carbocycles. The van der Waals surface area contributed by atoms with Gasteiger partial charge < -0.3 is 5.32 Å². The summed E-state index contributed by atoms with van der Waals surface area (Å²) in [4.78, 5) is 7.97. The van der Waals surface area contributed by atoms with Gasteiger partial charge in [-0.1, -0.05) is 0 Å². The molecule has 1 aromatic rings. The first-order chi connectivity index (χ1) is 6.58. The van der Waals surface area contributed by atoms with Crippen LogP contribution in [0.15, 0.2) is 12.3 Å². The number of halogens is 2. The van der Waals surface area contributed by atoms with E-state index in [1.807, 2.05) is 6.92 Å². The highest BCUT2D eigenvalue weighted by Gasteiger charge is 2.56. The van der Waals surface area contributed by atoms with E-state index in [4.69, 9.17) is 0 Å². The highest BCUT2D eigenvalue weighted by atomic mass is 19.3. The van der Waals surface area contributed by atoms with Gasteiger partial charge in [-0.15, -0.1) is 0 Å². The number of aromatic nitrogens is 2. The molecule has 3 nitrogen and oxygen atoms in total. The summed E-state index contributed by atoms with van der Waals surface area (Å²) in [6, 6.07) is 1.76. The zero-order valence-electron chi connectivity index (χ0n) is 7.80. The third-order valence-electron chi connectivity index (χ3n) is 2.26. The second-order valence-corrected chi connectivity index (χ2v) is 3.56. The van der Waals surface area contributed by atoms with Crippen molar-refractivity contribution in [2.45, 2.75) is 19.3 Å². The summed E-state index contributed by atoms with van der Waals surface area (Å²) in [5, 5.41) is 2.80. The van der Waals surface area contributed by atoms with E-state index in [1.165, 1.54) is 0 Å². The molecule has 1 N–H and O–H groups in total. The van der Waals surface area contributed by atoms with Gasteiger partial charge in [0, 0.05) is 30.8 Å². The molecule has 0 amide bonds. The first kappa shape index (κ1) is 9.30. The molecule has 1 heterocycles. The zero-order chi connectivity index (χ0) is 10.2. The summed E-state index contributed by atoms with van der Waals surface area (Å²) in [7, 11) is 0. The van der Waals surface area contributed by atoms with Crippen LogP contribution >= 0.6 is 0 Å². The average Bonchev–Trinajstić information content (AvgIpc) is 2.71. The monoisotopic (exact) mass is 199 g/mol. The van der Waals surface area contributed by atoms with E-state index in [1.54, 1.807) is 12.3 Å². The first-order valence-corrected chi connectivity index (χ1v) is 4.49. The van der Waals surface area contributed by atoms with Gasteiger partial charge in [0.25, 0.3) is 5.92 Å². The minimum Gasteiger partial charge on any atom is -0.354 e. The minimum absolute atomic E-state index is 0.0220. The predicted octanol–water partition coefficient (Wildman–Crippen LogP) is 1.85. The molecular weight excluding hydrogens is 188 g/mol. The number of alkyl halides is 2. The van der Waals surface area contributed by atoms with Gasteiger partial charge in [-0.05, 0) is 13.0 Å². The van der Waals surface area contributed by atoms with E-state index in [9.17, 15) is 8.78 Å². The van der Waals surface area contributed by atoms with Crippen molar-refractivity contribution in [3.05, 3.63) is 18.0 Å². The maximum atomic E-state index is 12.5. The molecule has 1 atom stereocenters. The summed E-state index contributed by atoms with van der Waals surface area (Å²) in [6.45, 7) is 2.08. The number of nitrogens with zero attached hydrogens (tertiary/aromatic N) is 2. The lowest BCUT2D eigenvalue weighted by molar-refractivity contribution is 0.101. The average molecular weight is 199 g/mol. The smallest absolute Gasteiger partial charge is 0.253 e. The molecule has 0 aliphatic heterocycles. The maximum absolute atomic E-state index is 12.5. The molecule has 5 heteroatoms. The van der Waals surface area contributed by atoms with Gasteiger partial charge >= 0.3 is 0 Å². The Labute approximate surface area is 80.6 Å². The molecule has 0 spiro atoms. The van der Waals surface area contributed by atoms with E-state index in [0.717, 1.165) is 5.69 Å². The fraction of sp³-hybridized carbons (Fsp3) is 0.556. The van der Waals surface area contributed by atoms with Crippen LogP contribution in [0.1, 0.15) is 12.1 Å². The van der Waals surface area contributed by atoms with Gasteiger partial charge in [-0.25, -0.2) is 18.7 Å². The molecule has 2 rings (SSSR count). The molecule has 0 bridgehead atoms. The van der Waals surface area contributed by atoms with Gasteiger partial charge in [0.05, 0.1) is 0 Å². The quantitative estimate of drug-likeness (QED) is 0.807. The number of rotatable bonds is 3. The second-order valence-electron chi connectivity index (χ2n) is 3.56. The standard InChI is InChI=1S/C9H11F2N3/c1-6-2-3-12-8(14-6)13-5-7-4-9(7,10)11/h2-3,7H,4-5H2,1H3,(H,12,13,14). The van der Waals surface area contributed by atoms with Gasteiger partial charge in [0.1, 0.15) is 0 Å². The van der Waals surface area contributed by atoms with Crippen LogP contribution in [0.3, 0.4) is 0 Å². The van der Waals surface area contributed by atoms with Crippen molar-refractivity contribution in [2.24, 2.45) is 5.92 Å². The molecule has 0 aromatic carbocycles. The Morgan fingerprint density at radius 3 is 2.93 bits per heavy atom. The van der Waals surface area contributed by atoms with Crippen LogP contribution < -0.4 is 5.32 Å². The van der Waals surface area contributed by atoms with Crippen LogP contribution in [0.25, 0.3) is 0 Å². The molecule has 1 unspecified atom stereocenters. The number of hydrogen-bond donors (Lipinski definition) is 1. The highest BCUT2D eigenvalue weighted by Crippen LogP contribution is 2.48. The Morgan fingerprint density at radius 1 is 1.64 bits per heavy atom. The molecule has 14 heavy (non-hydrogen) atoms. The van der Waals surface area contributed by atoms with Crippen molar-refractivity contribution in [3.8, 4) is 0 Å². The number of aryl methyl sites for hydroxylation is 1. The Hall–Kier alpha value is -1.26. The molecule has 1 aliphatic carbocycles. The van der Waals surface area contributed by atoms with Crippen LogP contribution in [-0.2, 0) is 0 Å². The molecule has 1 fully saturated rings. The van der Waals surface area contributed by atoms with E-state index in [2.05, 4.69) is 15.3 Å². The Balaban J connectivity index is 1.87. The van der Waals surface area contributed by atoms with E-state index in [0.29, 0.717) is 5.95 Å². The normalized spacial score (nSPS) is 23.2. The Kier molecular flexibility index (Phi) is 2.09. The highest BCUT2D eigenvalue weighted by molar-refractivity contribution is 5.25. The van der Waals surface area contributed by atoms with Crippen LogP contribution in [0.5, 0.6) is 0 Å². The van der Waals surface area contributed by atoms with Gasteiger partial charge in [-0.3, -0.25) is 0 Å². The van der Waals surface area contributed by atoms with Crippen LogP contribution in [0.2, 0.25) is 0 Å². The molecule has 1 aliphatic rings. The lowest BCUT2D eigenvalue weighted by Crippen LogP contribution is -2.10. The number of nitrogens with one attached hydrogen (secondary N) is 1. The minimum atomic E-state index is -2.48. The van der Waals surface area contributed by atoms with Crippen LogP contribution in [-0.4, -0.2) is 22.4 Å². The Morgan fingerprint density at radius 2 is 2.36 bits per heavy atom. The van der Waals surface area contributed by atoms with Crippen molar-refractivity contribution in [2.75, 3.05) is 11.9 Å². The summed E-state index contributed by atoms with van der Waals surface area (Å²) in [6.07, 6.45) is 1.58. The van der Waals surface area contributed by atoms with Crippen molar-refractivity contribution < 1.29 is 8.78 Å². The summed E-state index contributed by atoms with van der Waals surface area (Å²) < 4.78 is 25.0. The van der Waals surface area contributed by atoms with Gasteiger partial charge in [0.15, 0.2) is 0 Å². The SMILES string of the molecule is Cc1ccnc(NCC2CC2(F)F)n1. The second kappa shape index (κ2) is 3.15. The molecular formula is C9H11F2N3. The number of anilines is 1. The van der Waals surface area contributed by atoms with Crippen molar-refractivity contribution in [3.63, 3.8) is 0 Å². The van der Waals surface area contributed by atoms with Crippen molar-refractivity contribution in [1.29, 1.82) is 0 Å². The molecule has 0 saturated heterocycles. The zero-order valence-corrected chi connectivity index (χ0v) is 7.80. The first-order valence-electron chi connectivity index (χ1n) is 4.49. The summed E-state index contributed by atoms with van der Waals surface area (Å²) >= 11 is 0. The van der Waals surface area contributed by atoms with Gasteiger partial charge in [0.2, 0.25) is 5.95 Å². The summed E-state index contributed by atoms with van der Waals surface area (Å²) in [5.41, 5.74) is 0.824. The molecule has 1 aromatic heterocycles. The fourth-order valence-electron chi connectivity index (χ4n) is 1.24.